The topological polar surface area (TPSA) is 105 Å². The average Bonchev–Trinajstić information content (AvgIpc) is 3.51. The molecule has 0 unspecified atom stereocenters. The fourth-order valence-corrected chi connectivity index (χ4v) is 7.11. The molecule has 59 heavy (non-hydrogen) atoms. The van der Waals surface area contributed by atoms with Crippen LogP contribution in [0, 0.1) is 0 Å². The van der Waals surface area contributed by atoms with E-state index >= 15 is 0 Å². The summed E-state index contributed by atoms with van der Waals surface area (Å²) in [6, 6.07) is 12.2. The number of unbranched alkanes of at least 4 members (excludes halogenated alkanes) is 26. The SMILES string of the molecule is CCCCCCCCCCCCCCCOc1ccc(OC(=O)CCCCCOc2ccc(OC(=O)CCCCCCCCCCCCCCC)c(=O)cc2)c(=O)cc1. The highest BCUT2D eigenvalue weighted by atomic mass is 16.5. The first-order valence-electron chi connectivity index (χ1n) is 23.9. The molecule has 2 rings (SSSR count). The minimum atomic E-state index is -0.460. The fraction of sp³-hybridized carbons (Fsp3) is 0.686. The van der Waals surface area contributed by atoms with Crippen molar-refractivity contribution in [2.75, 3.05) is 13.2 Å². The fourth-order valence-electron chi connectivity index (χ4n) is 7.11. The monoisotopic (exact) mass is 821 g/mol. The van der Waals surface area contributed by atoms with Crippen LogP contribution in [0.2, 0.25) is 0 Å². The highest BCUT2D eigenvalue weighted by Gasteiger charge is 2.10. The molecule has 0 atom stereocenters. The third-order valence-corrected chi connectivity index (χ3v) is 10.8. The number of hydrogen-bond donors (Lipinski definition) is 0. The van der Waals surface area contributed by atoms with Gasteiger partial charge in [-0.1, -0.05) is 168 Å². The predicted molar refractivity (Wildman–Crippen MR) is 242 cm³/mol. The summed E-state index contributed by atoms with van der Waals surface area (Å²) in [7, 11) is 0. The van der Waals surface area contributed by atoms with Gasteiger partial charge in [0.15, 0.2) is 11.5 Å². The molecular weight excluding hydrogens is 741 g/mol. The first-order valence-corrected chi connectivity index (χ1v) is 23.9. The van der Waals surface area contributed by atoms with Crippen LogP contribution in [0.3, 0.4) is 0 Å². The van der Waals surface area contributed by atoms with E-state index in [0.29, 0.717) is 50.4 Å². The first kappa shape index (κ1) is 51.5. The summed E-state index contributed by atoms with van der Waals surface area (Å²) < 4.78 is 22.4. The maximum absolute atomic E-state index is 12.5. The van der Waals surface area contributed by atoms with Crippen molar-refractivity contribution in [3.63, 3.8) is 0 Å². The molecule has 0 aliphatic rings. The van der Waals surface area contributed by atoms with Gasteiger partial charge in [-0.15, -0.1) is 0 Å². The average molecular weight is 821 g/mol. The molecule has 8 nitrogen and oxygen atoms in total. The Morgan fingerprint density at radius 1 is 0.356 bits per heavy atom. The summed E-state index contributed by atoms with van der Waals surface area (Å²) in [6.07, 6.45) is 35.3. The van der Waals surface area contributed by atoms with Crippen molar-refractivity contribution in [3.8, 4) is 23.0 Å². The largest absolute Gasteiger partial charge is 0.494 e. The van der Waals surface area contributed by atoms with Gasteiger partial charge in [0.25, 0.3) is 0 Å². The molecule has 332 valence electrons. The molecule has 0 spiro atoms. The Kier molecular flexibility index (Phi) is 31.6. The number of carbonyl (C=O) groups is 2. The van der Waals surface area contributed by atoms with Gasteiger partial charge in [0.05, 0.1) is 13.2 Å². The lowest BCUT2D eigenvalue weighted by atomic mass is 10.0. The maximum Gasteiger partial charge on any atom is 0.311 e. The Hall–Kier alpha value is -3.68. The van der Waals surface area contributed by atoms with E-state index in [1.165, 1.54) is 159 Å². The Balaban J connectivity index is 1.53. The number of ether oxygens (including phenoxy) is 4. The molecule has 0 amide bonds. The number of carbonyl (C=O) groups excluding carboxylic acids is 2. The van der Waals surface area contributed by atoms with Gasteiger partial charge in [0.2, 0.25) is 10.9 Å². The molecule has 0 heterocycles. The summed E-state index contributed by atoms with van der Waals surface area (Å²) in [5.74, 6) is 0.220. The molecule has 2 aromatic carbocycles. The second-order valence-corrected chi connectivity index (χ2v) is 16.3. The van der Waals surface area contributed by atoms with E-state index in [2.05, 4.69) is 13.8 Å². The molecule has 2 aromatic rings. The van der Waals surface area contributed by atoms with E-state index in [-0.39, 0.29) is 34.7 Å². The molecule has 0 bridgehead atoms. The van der Waals surface area contributed by atoms with E-state index in [0.717, 1.165) is 32.1 Å². The Morgan fingerprint density at radius 3 is 0.966 bits per heavy atom. The van der Waals surface area contributed by atoms with Crippen molar-refractivity contribution in [2.24, 2.45) is 0 Å². The highest BCUT2D eigenvalue weighted by molar-refractivity contribution is 5.72. The van der Waals surface area contributed by atoms with Crippen molar-refractivity contribution in [3.05, 3.63) is 69.0 Å². The van der Waals surface area contributed by atoms with Crippen LogP contribution < -0.4 is 29.8 Å². The molecule has 0 aromatic heterocycles. The lowest BCUT2D eigenvalue weighted by Gasteiger charge is -2.05. The van der Waals surface area contributed by atoms with Crippen LogP contribution in [0.25, 0.3) is 0 Å². The van der Waals surface area contributed by atoms with E-state index < -0.39 is 5.97 Å². The molecule has 0 saturated heterocycles. The molecule has 0 N–H and O–H groups in total. The standard InChI is InChI=1S/C51H80O8/c1-3-5-7-9-11-13-15-17-19-21-23-25-28-32-50(54)58-48-41-37-45(35-39-46(48)52)57-43-31-27-29-33-51(55)59-49-40-36-44(34-38-47(49)53)56-42-30-26-24-22-20-18-16-14-12-10-8-6-4-2/h34-41H,3-33,42-43H2,1-2H3. The molecule has 0 saturated carbocycles. The normalized spacial score (nSPS) is 11.0. The quantitative estimate of drug-likeness (QED) is 0.0487. The third-order valence-electron chi connectivity index (χ3n) is 10.8. The van der Waals surface area contributed by atoms with Crippen molar-refractivity contribution in [1.82, 2.24) is 0 Å². The lowest BCUT2D eigenvalue weighted by molar-refractivity contribution is -0.135. The van der Waals surface area contributed by atoms with E-state index in [1.807, 2.05) is 0 Å². The molecule has 0 aliphatic carbocycles. The number of rotatable bonds is 38. The van der Waals surface area contributed by atoms with Gasteiger partial charge >= 0.3 is 11.9 Å². The smallest absolute Gasteiger partial charge is 0.311 e. The van der Waals surface area contributed by atoms with Crippen LogP contribution in [0.5, 0.6) is 23.0 Å². The Morgan fingerprint density at radius 2 is 0.627 bits per heavy atom. The van der Waals surface area contributed by atoms with Gasteiger partial charge in [-0.3, -0.25) is 19.2 Å². The zero-order chi connectivity index (χ0) is 42.4. The van der Waals surface area contributed by atoms with Crippen LogP contribution in [0.1, 0.15) is 213 Å². The number of esters is 2. The second kappa shape index (κ2) is 36.2. The Bertz CT molecular complexity index is 1490. The summed E-state index contributed by atoms with van der Waals surface area (Å²) in [4.78, 5) is 49.9. The van der Waals surface area contributed by atoms with Crippen LogP contribution in [-0.2, 0) is 9.59 Å². The van der Waals surface area contributed by atoms with Gasteiger partial charge < -0.3 is 18.9 Å². The lowest BCUT2D eigenvalue weighted by Crippen LogP contribution is -2.12. The minimum absolute atomic E-state index is 0.0000700. The van der Waals surface area contributed by atoms with Crippen molar-refractivity contribution >= 4 is 11.9 Å². The summed E-state index contributed by atoms with van der Waals surface area (Å²) >= 11 is 0. The first-order chi connectivity index (χ1) is 28.9. The summed E-state index contributed by atoms with van der Waals surface area (Å²) in [5, 5.41) is 0. The van der Waals surface area contributed by atoms with Crippen LogP contribution in [0.4, 0.5) is 0 Å². The van der Waals surface area contributed by atoms with Gasteiger partial charge in [-0.2, -0.15) is 0 Å². The van der Waals surface area contributed by atoms with Gasteiger partial charge in [0.1, 0.15) is 11.5 Å². The Labute approximate surface area is 357 Å². The molecular formula is C51H80O8. The zero-order valence-corrected chi connectivity index (χ0v) is 37.2. The van der Waals surface area contributed by atoms with Gasteiger partial charge in [-0.05, 0) is 80.6 Å². The summed E-state index contributed by atoms with van der Waals surface area (Å²) in [5.41, 5.74) is -0.744. The van der Waals surface area contributed by atoms with Gasteiger partial charge in [-0.25, -0.2) is 0 Å². The van der Waals surface area contributed by atoms with E-state index in [1.54, 1.807) is 24.3 Å². The summed E-state index contributed by atoms with van der Waals surface area (Å²) in [6.45, 7) is 5.50. The van der Waals surface area contributed by atoms with Crippen LogP contribution >= 0.6 is 0 Å². The van der Waals surface area contributed by atoms with Gasteiger partial charge in [0, 0.05) is 12.8 Å². The third kappa shape index (κ3) is 28.4. The number of hydrogen-bond acceptors (Lipinski definition) is 8. The zero-order valence-electron chi connectivity index (χ0n) is 37.2. The van der Waals surface area contributed by atoms with Crippen molar-refractivity contribution < 1.29 is 28.5 Å². The maximum atomic E-state index is 12.5. The van der Waals surface area contributed by atoms with Crippen LogP contribution in [-0.4, -0.2) is 25.2 Å². The minimum Gasteiger partial charge on any atom is -0.494 e. The van der Waals surface area contributed by atoms with Crippen LogP contribution in [0.15, 0.2) is 58.1 Å². The van der Waals surface area contributed by atoms with E-state index in [9.17, 15) is 19.2 Å². The molecule has 8 heteroatoms. The van der Waals surface area contributed by atoms with Crippen molar-refractivity contribution in [2.45, 2.75) is 213 Å². The molecule has 0 radical (unpaired) electrons. The second-order valence-electron chi connectivity index (χ2n) is 16.3. The highest BCUT2D eigenvalue weighted by Crippen LogP contribution is 2.18. The molecule has 0 aliphatic heterocycles. The predicted octanol–water partition coefficient (Wildman–Crippen LogP) is 13.8. The molecule has 0 fully saturated rings. The van der Waals surface area contributed by atoms with Crippen molar-refractivity contribution in [1.29, 1.82) is 0 Å². The van der Waals surface area contributed by atoms with E-state index in [4.69, 9.17) is 18.9 Å².